The Hall–Kier alpha value is -1.81. The van der Waals surface area contributed by atoms with Gasteiger partial charge in [-0.25, -0.2) is 0 Å². The Bertz CT molecular complexity index is 609. The molecule has 0 bridgehead atoms. The molecule has 2 unspecified atom stereocenters. The smallest absolute Gasteiger partial charge is 0.0648 e. The maximum absolute atomic E-state index is 6.48. The van der Waals surface area contributed by atoms with Crippen molar-refractivity contribution >= 4 is 0 Å². The number of nitrogens with two attached hydrogens (primary N) is 1. The highest BCUT2D eigenvalue weighted by molar-refractivity contribution is 5.34. The van der Waals surface area contributed by atoms with E-state index in [0.29, 0.717) is 5.92 Å². The standard InChI is InChI=1S/C15H18N4/c1-9-8-13(10(2)19-18-9)14(16)12-6-5-11-4-3-7-17-15(11)12/h3-4,7-8,12,14H,5-6,16H2,1-2H3. The van der Waals surface area contributed by atoms with Crippen molar-refractivity contribution in [1.29, 1.82) is 0 Å². The van der Waals surface area contributed by atoms with E-state index in [1.54, 1.807) is 0 Å². The van der Waals surface area contributed by atoms with Gasteiger partial charge in [-0.3, -0.25) is 4.98 Å². The highest BCUT2D eigenvalue weighted by atomic mass is 15.1. The SMILES string of the molecule is Cc1cc(C(N)C2CCc3cccnc32)c(C)nn1. The van der Waals surface area contributed by atoms with E-state index >= 15 is 0 Å². The van der Waals surface area contributed by atoms with Crippen LogP contribution in [0.5, 0.6) is 0 Å². The second kappa shape index (κ2) is 4.70. The fraction of sp³-hybridized carbons (Fsp3) is 0.400. The lowest BCUT2D eigenvalue weighted by Crippen LogP contribution is -2.21. The number of pyridine rings is 1. The molecule has 2 atom stereocenters. The van der Waals surface area contributed by atoms with Crippen LogP contribution in [-0.2, 0) is 6.42 Å². The molecule has 0 spiro atoms. The van der Waals surface area contributed by atoms with Crippen LogP contribution in [0, 0.1) is 13.8 Å². The van der Waals surface area contributed by atoms with E-state index in [1.807, 2.05) is 32.2 Å². The summed E-state index contributed by atoms with van der Waals surface area (Å²) in [6.45, 7) is 3.92. The summed E-state index contributed by atoms with van der Waals surface area (Å²) in [5, 5.41) is 8.25. The monoisotopic (exact) mass is 254 g/mol. The van der Waals surface area contributed by atoms with Gasteiger partial charge in [0.25, 0.3) is 0 Å². The van der Waals surface area contributed by atoms with Gasteiger partial charge in [0.2, 0.25) is 0 Å². The van der Waals surface area contributed by atoms with Crippen molar-refractivity contribution in [2.24, 2.45) is 5.73 Å². The highest BCUT2D eigenvalue weighted by Crippen LogP contribution is 2.39. The first-order chi connectivity index (χ1) is 9.16. The third-order valence-electron chi connectivity index (χ3n) is 3.93. The summed E-state index contributed by atoms with van der Waals surface area (Å²) in [7, 11) is 0. The van der Waals surface area contributed by atoms with Crippen LogP contribution >= 0.6 is 0 Å². The summed E-state index contributed by atoms with van der Waals surface area (Å²) in [6.07, 6.45) is 3.99. The van der Waals surface area contributed by atoms with E-state index in [1.165, 1.54) is 5.56 Å². The van der Waals surface area contributed by atoms with Crippen molar-refractivity contribution in [3.8, 4) is 0 Å². The van der Waals surface area contributed by atoms with Crippen molar-refractivity contribution in [2.45, 2.75) is 38.6 Å². The molecule has 2 aromatic rings. The second-order valence-electron chi connectivity index (χ2n) is 5.25. The molecule has 0 fully saturated rings. The zero-order valence-electron chi connectivity index (χ0n) is 11.3. The van der Waals surface area contributed by atoms with Gasteiger partial charge in [-0.15, -0.1) is 0 Å². The minimum atomic E-state index is -0.0506. The van der Waals surface area contributed by atoms with Gasteiger partial charge >= 0.3 is 0 Å². The molecule has 19 heavy (non-hydrogen) atoms. The van der Waals surface area contributed by atoms with Gasteiger partial charge in [0, 0.05) is 23.9 Å². The van der Waals surface area contributed by atoms with E-state index < -0.39 is 0 Å². The minimum Gasteiger partial charge on any atom is -0.323 e. The van der Waals surface area contributed by atoms with Crippen molar-refractivity contribution < 1.29 is 0 Å². The number of hydrogen-bond donors (Lipinski definition) is 1. The number of aromatic nitrogens is 3. The fourth-order valence-corrected chi connectivity index (χ4v) is 2.92. The topological polar surface area (TPSA) is 64.7 Å². The number of aryl methyl sites for hydroxylation is 3. The van der Waals surface area contributed by atoms with Gasteiger partial charge in [-0.1, -0.05) is 6.07 Å². The van der Waals surface area contributed by atoms with Crippen LogP contribution in [0.1, 0.15) is 46.6 Å². The van der Waals surface area contributed by atoms with Crippen LogP contribution in [0.2, 0.25) is 0 Å². The Morgan fingerprint density at radius 1 is 1.32 bits per heavy atom. The molecular weight excluding hydrogens is 236 g/mol. The van der Waals surface area contributed by atoms with Crippen LogP contribution < -0.4 is 5.73 Å². The molecule has 4 nitrogen and oxygen atoms in total. The zero-order valence-corrected chi connectivity index (χ0v) is 11.3. The van der Waals surface area contributed by atoms with Gasteiger partial charge in [0.1, 0.15) is 0 Å². The average Bonchev–Trinajstić information content (AvgIpc) is 2.84. The van der Waals surface area contributed by atoms with Crippen molar-refractivity contribution in [3.05, 3.63) is 52.6 Å². The molecule has 0 aliphatic heterocycles. The predicted molar refractivity (Wildman–Crippen MR) is 73.7 cm³/mol. The Kier molecular flexibility index (Phi) is 3.03. The van der Waals surface area contributed by atoms with E-state index in [4.69, 9.17) is 5.73 Å². The van der Waals surface area contributed by atoms with Crippen LogP contribution in [0.3, 0.4) is 0 Å². The quantitative estimate of drug-likeness (QED) is 0.892. The lowest BCUT2D eigenvalue weighted by Gasteiger charge is -2.21. The summed E-state index contributed by atoms with van der Waals surface area (Å²) in [5.41, 5.74) is 11.9. The first-order valence-corrected chi connectivity index (χ1v) is 6.67. The Morgan fingerprint density at radius 2 is 2.16 bits per heavy atom. The summed E-state index contributed by atoms with van der Waals surface area (Å²) in [4.78, 5) is 4.52. The van der Waals surface area contributed by atoms with Crippen LogP contribution in [0.15, 0.2) is 24.4 Å². The Labute approximate surface area is 113 Å². The minimum absolute atomic E-state index is 0.0506. The highest BCUT2D eigenvalue weighted by Gasteiger charge is 2.30. The Balaban J connectivity index is 1.97. The molecule has 2 heterocycles. The first-order valence-electron chi connectivity index (χ1n) is 6.67. The lowest BCUT2D eigenvalue weighted by molar-refractivity contribution is 0.535. The van der Waals surface area contributed by atoms with Crippen LogP contribution in [-0.4, -0.2) is 15.2 Å². The molecule has 0 radical (unpaired) electrons. The van der Waals surface area contributed by atoms with E-state index in [0.717, 1.165) is 35.5 Å². The molecule has 98 valence electrons. The second-order valence-corrected chi connectivity index (χ2v) is 5.25. The van der Waals surface area contributed by atoms with Gasteiger partial charge in [-0.05, 0) is 49.9 Å². The third-order valence-corrected chi connectivity index (χ3v) is 3.93. The summed E-state index contributed by atoms with van der Waals surface area (Å²) >= 11 is 0. The van der Waals surface area contributed by atoms with Gasteiger partial charge < -0.3 is 5.73 Å². The number of rotatable bonds is 2. The van der Waals surface area contributed by atoms with Crippen molar-refractivity contribution in [3.63, 3.8) is 0 Å². The third kappa shape index (κ3) is 2.12. The zero-order chi connectivity index (χ0) is 13.4. The number of hydrogen-bond acceptors (Lipinski definition) is 4. The average molecular weight is 254 g/mol. The van der Waals surface area contributed by atoms with Crippen molar-refractivity contribution in [1.82, 2.24) is 15.2 Å². The molecule has 0 amide bonds. The normalized spacial score (nSPS) is 19.2. The largest absolute Gasteiger partial charge is 0.323 e. The van der Waals surface area contributed by atoms with E-state index in [-0.39, 0.29) is 6.04 Å². The van der Waals surface area contributed by atoms with Gasteiger partial charge in [-0.2, -0.15) is 10.2 Å². The summed E-state index contributed by atoms with van der Waals surface area (Å²) in [6, 6.07) is 6.15. The Morgan fingerprint density at radius 3 is 3.00 bits per heavy atom. The van der Waals surface area contributed by atoms with E-state index in [9.17, 15) is 0 Å². The molecule has 4 heteroatoms. The van der Waals surface area contributed by atoms with Crippen molar-refractivity contribution in [2.75, 3.05) is 0 Å². The van der Waals surface area contributed by atoms with Crippen LogP contribution in [0.4, 0.5) is 0 Å². The lowest BCUT2D eigenvalue weighted by atomic mass is 9.91. The van der Waals surface area contributed by atoms with Crippen LogP contribution in [0.25, 0.3) is 0 Å². The molecule has 0 aromatic carbocycles. The maximum atomic E-state index is 6.48. The maximum Gasteiger partial charge on any atom is 0.0648 e. The number of nitrogens with zero attached hydrogens (tertiary/aromatic N) is 3. The predicted octanol–water partition coefficient (Wildman–Crippen LogP) is 2.22. The van der Waals surface area contributed by atoms with E-state index in [2.05, 4.69) is 21.2 Å². The van der Waals surface area contributed by atoms with Gasteiger partial charge in [0.15, 0.2) is 0 Å². The van der Waals surface area contributed by atoms with Gasteiger partial charge in [0.05, 0.1) is 11.4 Å². The first kappa shape index (κ1) is 12.2. The molecule has 3 rings (SSSR count). The fourth-order valence-electron chi connectivity index (χ4n) is 2.92. The molecular formula is C15H18N4. The molecule has 2 aromatic heterocycles. The number of fused-ring (bicyclic) bond motifs is 1. The molecule has 1 aliphatic rings. The molecule has 2 N–H and O–H groups in total. The molecule has 0 saturated carbocycles. The summed E-state index contributed by atoms with van der Waals surface area (Å²) in [5.74, 6) is 0.290. The molecule has 0 saturated heterocycles. The summed E-state index contributed by atoms with van der Waals surface area (Å²) < 4.78 is 0. The molecule has 1 aliphatic carbocycles.